The summed E-state index contributed by atoms with van der Waals surface area (Å²) in [6.45, 7) is 2.73. The molecule has 1 fully saturated rings. The van der Waals surface area contributed by atoms with Crippen LogP contribution in [0.25, 0.3) is 0 Å². The number of anilines is 1. The summed E-state index contributed by atoms with van der Waals surface area (Å²) >= 11 is 3.54. The number of nitrogens with one attached hydrogen (secondary N) is 1. The first kappa shape index (κ1) is 16.6. The van der Waals surface area contributed by atoms with Crippen molar-refractivity contribution in [1.29, 1.82) is 0 Å². The maximum absolute atomic E-state index is 5.88. The van der Waals surface area contributed by atoms with E-state index in [0.29, 0.717) is 6.61 Å². The van der Waals surface area contributed by atoms with E-state index < -0.39 is 0 Å². The van der Waals surface area contributed by atoms with Crippen molar-refractivity contribution in [2.75, 3.05) is 26.6 Å². The fourth-order valence-electron chi connectivity index (χ4n) is 2.84. The van der Waals surface area contributed by atoms with Crippen LogP contribution in [0, 0.1) is 5.92 Å². The Labute approximate surface area is 135 Å². The first-order chi connectivity index (χ1) is 10.1. The number of hydrogen-bond donors (Lipinski definition) is 1. The minimum atomic E-state index is -0.374. The second-order valence-electron chi connectivity index (χ2n) is 5.72. The lowest BCUT2D eigenvalue weighted by molar-refractivity contribution is -0.0599. The molecule has 2 rings (SSSR count). The second-order valence-corrected chi connectivity index (χ2v) is 6.51. The summed E-state index contributed by atoms with van der Waals surface area (Å²) in [5, 5.41) is 3.11. The molecule has 1 heterocycles. The van der Waals surface area contributed by atoms with Crippen LogP contribution in [0.15, 0.2) is 4.47 Å². The molecule has 0 amide bonds. The summed E-state index contributed by atoms with van der Waals surface area (Å²) in [5.41, 5.74) is 0.475. The minimum absolute atomic E-state index is 0.374. The Morgan fingerprint density at radius 2 is 1.95 bits per heavy atom. The molecule has 0 aromatic carbocycles. The van der Waals surface area contributed by atoms with Crippen LogP contribution in [0.5, 0.6) is 0 Å². The summed E-state index contributed by atoms with van der Waals surface area (Å²) in [4.78, 5) is 9.39. The largest absolute Gasteiger partial charge is 0.378 e. The van der Waals surface area contributed by atoms with E-state index in [2.05, 4.69) is 33.2 Å². The van der Waals surface area contributed by atoms with E-state index in [9.17, 15) is 0 Å². The highest BCUT2D eigenvalue weighted by Gasteiger charge is 2.39. The smallest absolute Gasteiger partial charge is 0.163 e. The zero-order valence-electron chi connectivity index (χ0n) is 13.2. The number of rotatable bonds is 5. The lowest BCUT2D eigenvalue weighted by Gasteiger charge is -2.37. The van der Waals surface area contributed by atoms with Gasteiger partial charge in [-0.1, -0.05) is 6.92 Å². The molecule has 0 bridgehead atoms. The van der Waals surface area contributed by atoms with Gasteiger partial charge in [0, 0.05) is 21.3 Å². The highest BCUT2D eigenvalue weighted by Crippen LogP contribution is 2.41. The molecule has 6 heteroatoms. The lowest BCUT2D eigenvalue weighted by Crippen LogP contribution is -2.35. The van der Waals surface area contributed by atoms with Gasteiger partial charge in [0.15, 0.2) is 5.82 Å². The fraction of sp³-hybridized carbons (Fsp3) is 0.733. The Morgan fingerprint density at radius 3 is 2.48 bits per heavy atom. The van der Waals surface area contributed by atoms with Gasteiger partial charge in [-0.25, -0.2) is 9.97 Å². The van der Waals surface area contributed by atoms with Crippen molar-refractivity contribution in [3.05, 3.63) is 16.0 Å². The van der Waals surface area contributed by atoms with Gasteiger partial charge >= 0.3 is 0 Å². The highest BCUT2D eigenvalue weighted by atomic mass is 79.9. The van der Waals surface area contributed by atoms with E-state index in [0.717, 1.165) is 53.4 Å². The van der Waals surface area contributed by atoms with E-state index in [1.165, 1.54) is 0 Å². The first-order valence-corrected chi connectivity index (χ1v) is 8.14. The monoisotopic (exact) mass is 357 g/mol. The van der Waals surface area contributed by atoms with E-state index in [1.54, 1.807) is 14.2 Å². The predicted octanol–water partition coefficient (Wildman–Crippen LogP) is 3.48. The molecule has 1 aliphatic carbocycles. The van der Waals surface area contributed by atoms with Gasteiger partial charge in [-0.05, 0) is 47.5 Å². The summed E-state index contributed by atoms with van der Waals surface area (Å²) < 4.78 is 12.0. The standard InChI is InChI=1S/C15H24BrN3O2/c1-10-5-7-15(21-4,8-6-10)14-18-11(9-20-3)12(16)13(17-2)19-14/h10H,5-9H2,1-4H3,(H,17,18,19). The van der Waals surface area contributed by atoms with Crippen molar-refractivity contribution in [2.24, 2.45) is 5.92 Å². The maximum Gasteiger partial charge on any atom is 0.163 e. The SMILES string of the molecule is CNc1nc(C2(OC)CCC(C)CC2)nc(COC)c1Br. The van der Waals surface area contributed by atoms with Crippen molar-refractivity contribution in [1.82, 2.24) is 9.97 Å². The molecule has 0 spiro atoms. The average Bonchev–Trinajstić information content (AvgIpc) is 2.51. The maximum atomic E-state index is 5.88. The molecule has 1 saturated carbocycles. The molecule has 5 nitrogen and oxygen atoms in total. The van der Waals surface area contributed by atoms with Gasteiger partial charge in [0.25, 0.3) is 0 Å². The Hall–Kier alpha value is -0.720. The summed E-state index contributed by atoms with van der Waals surface area (Å²) in [6.07, 6.45) is 4.20. The van der Waals surface area contributed by atoms with Crippen LogP contribution < -0.4 is 5.32 Å². The molecule has 1 aliphatic rings. The Bertz CT molecular complexity index is 488. The normalized spacial score (nSPS) is 25.9. The lowest BCUT2D eigenvalue weighted by atomic mass is 9.79. The van der Waals surface area contributed by atoms with Crippen molar-refractivity contribution in [3.63, 3.8) is 0 Å². The van der Waals surface area contributed by atoms with Gasteiger partial charge in [-0.2, -0.15) is 0 Å². The van der Waals surface area contributed by atoms with Crippen LogP contribution in [0.2, 0.25) is 0 Å². The van der Waals surface area contributed by atoms with Gasteiger partial charge in [-0.15, -0.1) is 0 Å². The van der Waals surface area contributed by atoms with Crippen molar-refractivity contribution in [3.8, 4) is 0 Å². The van der Waals surface area contributed by atoms with Crippen LogP contribution in [0.4, 0.5) is 5.82 Å². The third-order valence-electron chi connectivity index (χ3n) is 4.32. The summed E-state index contributed by atoms with van der Waals surface area (Å²) in [7, 11) is 5.29. The minimum Gasteiger partial charge on any atom is -0.378 e. The molecule has 0 atom stereocenters. The fourth-order valence-corrected chi connectivity index (χ4v) is 3.33. The van der Waals surface area contributed by atoms with Crippen LogP contribution in [0.3, 0.4) is 0 Å². The van der Waals surface area contributed by atoms with Gasteiger partial charge in [-0.3, -0.25) is 0 Å². The molecule has 118 valence electrons. The van der Waals surface area contributed by atoms with Gasteiger partial charge in [0.2, 0.25) is 0 Å². The molecular weight excluding hydrogens is 334 g/mol. The first-order valence-electron chi connectivity index (χ1n) is 7.35. The van der Waals surface area contributed by atoms with Crippen LogP contribution in [-0.4, -0.2) is 31.2 Å². The average molecular weight is 358 g/mol. The number of aromatic nitrogens is 2. The van der Waals surface area contributed by atoms with Gasteiger partial charge < -0.3 is 14.8 Å². The quantitative estimate of drug-likeness (QED) is 0.873. The Kier molecular flexibility index (Phi) is 5.57. The van der Waals surface area contributed by atoms with Crippen molar-refractivity contribution >= 4 is 21.7 Å². The van der Waals surface area contributed by atoms with E-state index in [4.69, 9.17) is 14.5 Å². The Balaban J connectivity index is 2.43. The number of ether oxygens (including phenoxy) is 2. The van der Waals surface area contributed by atoms with E-state index in [-0.39, 0.29) is 5.60 Å². The van der Waals surface area contributed by atoms with Crippen LogP contribution in [-0.2, 0) is 21.7 Å². The van der Waals surface area contributed by atoms with Gasteiger partial charge in [0.05, 0.1) is 16.8 Å². The van der Waals surface area contributed by atoms with Crippen molar-refractivity contribution < 1.29 is 9.47 Å². The van der Waals surface area contributed by atoms with Crippen molar-refractivity contribution in [2.45, 2.75) is 44.8 Å². The number of nitrogens with zero attached hydrogens (tertiary/aromatic N) is 2. The Morgan fingerprint density at radius 1 is 1.29 bits per heavy atom. The number of halogens is 1. The van der Waals surface area contributed by atoms with E-state index in [1.807, 2.05) is 7.05 Å². The third kappa shape index (κ3) is 3.38. The van der Waals surface area contributed by atoms with Crippen LogP contribution >= 0.6 is 15.9 Å². The van der Waals surface area contributed by atoms with Crippen LogP contribution in [0.1, 0.15) is 44.1 Å². The second kappa shape index (κ2) is 7.03. The number of methoxy groups -OCH3 is 2. The zero-order valence-corrected chi connectivity index (χ0v) is 14.8. The number of hydrogen-bond acceptors (Lipinski definition) is 5. The molecule has 0 radical (unpaired) electrons. The van der Waals surface area contributed by atoms with E-state index >= 15 is 0 Å². The molecule has 1 N–H and O–H groups in total. The molecule has 0 aliphatic heterocycles. The molecule has 1 aromatic rings. The molecule has 0 saturated heterocycles. The predicted molar refractivity (Wildman–Crippen MR) is 86.3 cm³/mol. The molecular formula is C15H24BrN3O2. The summed E-state index contributed by atoms with van der Waals surface area (Å²) in [5.74, 6) is 2.28. The summed E-state index contributed by atoms with van der Waals surface area (Å²) in [6, 6.07) is 0. The van der Waals surface area contributed by atoms with Gasteiger partial charge in [0.1, 0.15) is 11.4 Å². The topological polar surface area (TPSA) is 56.3 Å². The third-order valence-corrected chi connectivity index (χ3v) is 5.15. The molecule has 21 heavy (non-hydrogen) atoms. The highest BCUT2D eigenvalue weighted by molar-refractivity contribution is 9.10. The zero-order chi connectivity index (χ0) is 15.5. The molecule has 1 aromatic heterocycles. The molecule has 0 unspecified atom stereocenters.